The average Bonchev–Trinajstić information content (AvgIpc) is 2.67. The van der Waals surface area contributed by atoms with Crippen LogP contribution in [-0.2, 0) is 9.59 Å². The second kappa shape index (κ2) is 6.92. The molecule has 2 amide bonds. The minimum atomic E-state index is -0.532. The molecule has 1 aromatic heterocycles. The van der Waals surface area contributed by atoms with Crippen molar-refractivity contribution in [2.75, 3.05) is 10.6 Å². The standard InChI is InChI=1S/C21H17N3O3/c1-13-21(26)24-17-12-16(8-9-18(17)27-13)23-19(25)10-7-15-5-2-4-14-6-3-11-22-20(14)15/h2-13H,1H3,(H,23,25)(H,24,26)/b10-7+. The van der Waals surface area contributed by atoms with Gasteiger partial charge < -0.3 is 15.4 Å². The summed E-state index contributed by atoms with van der Waals surface area (Å²) in [6.45, 7) is 1.68. The fraction of sp³-hybridized carbons (Fsp3) is 0.0952. The summed E-state index contributed by atoms with van der Waals surface area (Å²) >= 11 is 0. The Morgan fingerprint density at radius 2 is 2.07 bits per heavy atom. The first kappa shape index (κ1) is 16.8. The van der Waals surface area contributed by atoms with E-state index in [-0.39, 0.29) is 11.8 Å². The van der Waals surface area contributed by atoms with E-state index in [9.17, 15) is 9.59 Å². The number of ether oxygens (including phenoxy) is 1. The lowest BCUT2D eigenvalue weighted by Gasteiger charge is -2.23. The second-order valence-corrected chi connectivity index (χ2v) is 6.21. The van der Waals surface area contributed by atoms with Crippen LogP contribution in [0.1, 0.15) is 12.5 Å². The van der Waals surface area contributed by atoms with Crippen LogP contribution in [0.15, 0.2) is 60.8 Å². The Kier molecular flexibility index (Phi) is 4.30. The summed E-state index contributed by atoms with van der Waals surface area (Å²) in [6, 6.07) is 14.8. The van der Waals surface area contributed by atoms with Gasteiger partial charge in [0.05, 0.1) is 11.2 Å². The molecule has 2 heterocycles. The van der Waals surface area contributed by atoms with E-state index in [1.165, 1.54) is 6.08 Å². The van der Waals surface area contributed by atoms with E-state index in [1.54, 1.807) is 37.4 Å². The van der Waals surface area contributed by atoms with E-state index in [0.29, 0.717) is 17.1 Å². The van der Waals surface area contributed by atoms with Crippen molar-refractivity contribution in [1.82, 2.24) is 4.98 Å². The monoisotopic (exact) mass is 359 g/mol. The molecule has 1 atom stereocenters. The number of hydrogen-bond donors (Lipinski definition) is 2. The fourth-order valence-electron chi connectivity index (χ4n) is 2.90. The van der Waals surface area contributed by atoms with Crippen LogP contribution in [0.5, 0.6) is 5.75 Å². The van der Waals surface area contributed by atoms with Crippen LogP contribution in [-0.4, -0.2) is 22.9 Å². The lowest BCUT2D eigenvalue weighted by atomic mass is 10.1. The Morgan fingerprint density at radius 1 is 1.22 bits per heavy atom. The average molecular weight is 359 g/mol. The van der Waals surface area contributed by atoms with Crippen molar-refractivity contribution in [1.29, 1.82) is 0 Å². The largest absolute Gasteiger partial charge is 0.479 e. The summed E-state index contributed by atoms with van der Waals surface area (Å²) in [4.78, 5) is 28.4. The molecule has 134 valence electrons. The molecule has 2 N–H and O–H groups in total. The molecule has 0 saturated carbocycles. The first-order chi connectivity index (χ1) is 13.1. The molecule has 4 rings (SSSR count). The number of amides is 2. The normalized spacial score (nSPS) is 15.9. The van der Waals surface area contributed by atoms with Gasteiger partial charge in [0.1, 0.15) is 5.75 Å². The molecule has 27 heavy (non-hydrogen) atoms. The van der Waals surface area contributed by atoms with Gasteiger partial charge in [-0.1, -0.05) is 24.3 Å². The van der Waals surface area contributed by atoms with Gasteiger partial charge in [-0.15, -0.1) is 0 Å². The molecule has 1 aliphatic rings. The van der Waals surface area contributed by atoms with Gasteiger partial charge in [0, 0.05) is 28.9 Å². The Labute approximate surface area is 155 Å². The highest BCUT2D eigenvalue weighted by Gasteiger charge is 2.23. The molecular weight excluding hydrogens is 342 g/mol. The highest BCUT2D eigenvalue weighted by Crippen LogP contribution is 2.32. The van der Waals surface area contributed by atoms with Crippen molar-refractivity contribution < 1.29 is 14.3 Å². The quantitative estimate of drug-likeness (QED) is 0.700. The van der Waals surface area contributed by atoms with Gasteiger partial charge >= 0.3 is 0 Å². The maximum Gasteiger partial charge on any atom is 0.265 e. The van der Waals surface area contributed by atoms with Crippen LogP contribution in [0.4, 0.5) is 11.4 Å². The Morgan fingerprint density at radius 3 is 2.96 bits per heavy atom. The van der Waals surface area contributed by atoms with Crippen molar-refractivity contribution in [3.63, 3.8) is 0 Å². The van der Waals surface area contributed by atoms with Crippen LogP contribution in [0.25, 0.3) is 17.0 Å². The lowest BCUT2D eigenvalue weighted by Crippen LogP contribution is -2.34. The number of rotatable bonds is 3. The number of carbonyl (C=O) groups is 2. The second-order valence-electron chi connectivity index (χ2n) is 6.21. The zero-order valence-corrected chi connectivity index (χ0v) is 14.6. The number of pyridine rings is 1. The number of nitrogens with zero attached hydrogens (tertiary/aromatic N) is 1. The molecule has 0 radical (unpaired) electrons. The molecule has 0 aliphatic carbocycles. The van der Waals surface area contributed by atoms with Gasteiger partial charge in [-0.3, -0.25) is 14.6 Å². The van der Waals surface area contributed by atoms with E-state index in [4.69, 9.17) is 4.74 Å². The molecular formula is C21H17N3O3. The smallest absolute Gasteiger partial charge is 0.265 e. The molecule has 0 spiro atoms. The molecule has 1 unspecified atom stereocenters. The van der Waals surface area contributed by atoms with E-state index in [1.807, 2.05) is 30.3 Å². The molecule has 0 bridgehead atoms. The molecule has 1 aliphatic heterocycles. The molecule has 6 nitrogen and oxygen atoms in total. The molecule has 0 fully saturated rings. The van der Waals surface area contributed by atoms with Gasteiger partial charge in [-0.2, -0.15) is 0 Å². The molecule has 0 saturated heterocycles. The number of aromatic nitrogens is 1. The number of carbonyl (C=O) groups excluding carboxylic acids is 2. The number of anilines is 2. The van der Waals surface area contributed by atoms with Crippen LogP contribution >= 0.6 is 0 Å². The van der Waals surface area contributed by atoms with Gasteiger partial charge in [0.15, 0.2) is 6.10 Å². The predicted octanol–water partition coefficient (Wildman–Crippen LogP) is 3.61. The van der Waals surface area contributed by atoms with E-state index < -0.39 is 6.10 Å². The summed E-state index contributed by atoms with van der Waals surface area (Å²) in [5.74, 6) is 0.0890. The fourth-order valence-corrected chi connectivity index (χ4v) is 2.90. The number of para-hydroxylation sites is 1. The number of fused-ring (bicyclic) bond motifs is 2. The predicted molar refractivity (Wildman–Crippen MR) is 105 cm³/mol. The van der Waals surface area contributed by atoms with Crippen LogP contribution in [0.2, 0.25) is 0 Å². The van der Waals surface area contributed by atoms with Crippen molar-refractivity contribution >= 4 is 40.2 Å². The van der Waals surface area contributed by atoms with Gasteiger partial charge in [-0.05, 0) is 37.3 Å². The van der Waals surface area contributed by atoms with Crippen molar-refractivity contribution in [3.05, 3.63) is 66.4 Å². The van der Waals surface area contributed by atoms with Crippen molar-refractivity contribution in [2.24, 2.45) is 0 Å². The van der Waals surface area contributed by atoms with E-state index >= 15 is 0 Å². The van der Waals surface area contributed by atoms with Gasteiger partial charge in [-0.25, -0.2) is 0 Å². The third-order valence-electron chi connectivity index (χ3n) is 4.26. The minimum Gasteiger partial charge on any atom is -0.479 e. The number of hydrogen-bond acceptors (Lipinski definition) is 4. The summed E-state index contributed by atoms with van der Waals surface area (Å²) < 4.78 is 5.50. The Balaban J connectivity index is 1.50. The molecule has 6 heteroatoms. The number of benzene rings is 2. The third-order valence-corrected chi connectivity index (χ3v) is 4.26. The van der Waals surface area contributed by atoms with Crippen LogP contribution in [0.3, 0.4) is 0 Å². The lowest BCUT2D eigenvalue weighted by molar-refractivity contribution is -0.122. The molecule has 3 aromatic rings. The Bertz CT molecular complexity index is 1070. The minimum absolute atomic E-state index is 0.214. The van der Waals surface area contributed by atoms with Gasteiger partial charge in [0.2, 0.25) is 5.91 Å². The zero-order chi connectivity index (χ0) is 18.8. The maximum absolute atomic E-state index is 12.3. The van der Waals surface area contributed by atoms with Gasteiger partial charge in [0.25, 0.3) is 5.91 Å². The maximum atomic E-state index is 12.3. The topological polar surface area (TPSA) is 80.3 Å². The number of nitrogens with one attached hydrogen (secondary N) is 2. The SMILES string of the molecule is CC1Oc2ccc(NC(=O)/C=C/c3cccc4cccnc34)cc2NC1=O. The van der Waals surface area contributed by atoms with Crippen LogP contribution < -0.4 is 15.4 Å². The summed E-state index contributed by atoms with van der Waals surface area (Å²) in [7, 11) is 0. The summed E-state index contributed by atoms with van der Waals surface area (Å²) in [5.41, 5.74) is 2.81. The Hall–Kier alpha value is -3.67. The first-order valence-electron chi connectivity index (χ1n) is 8.54. The highest BCUT2D eigenvalue weighted by molar-refractivity contribution is 6.04. The van der Waals surface area contributed by atoms with Crippen LogP contribution in [0, 0.1) is 0 Å². The molecule has 2 aromatic carbocycles. The van der Waals surface area contributed by atoms with Crippen molar-refractivity contribution in [2.45, 2.75) is 13.0 Å². The zero-order valence-electron chi connectivity index (χ0n) is 14.6. The van der Waals surface area contributed by atoms with E-state index in [0.717, 1.165) is 16.5 Å². The summed E-state index contributed by atoms with van der Waals surface area (Å²) in [6.07, 6.45) is 4.38. The highest BCUT2D eigenvalue weighted by atomic mass is 16.5. The first-order valence-corrected chi connectivity index (χ1v) is 8.54. The summed E-state index contributed by atoms with van der Waals surface area (Å²) in [5, 5.41) is 6.56. The van der Waals surface area contributed by atoms with E-state index in [2.05, 4.69) is 15.6 Å². The van der Waals surface area contributed by atoms with Crippen molar-refractivity contribution in [3.8, 4) is 5.75 Å². The third kappa shape index (κ3) is 3.50.